The summed E-state index contributed by atoms with van der Waals surface area (Å²) >= 11 is 1.39. The molecule has 170 valence electrons. The highest BCUT2D eigenvalue weighted by molar-refractivity contribution is 7.10. The Morgan fingerprint density at radius 3 is 2.30 bits per heavy atom. The predicted molar refractivity (Wildman–Crippen MR) is 131 cm³/mol. The molecule has 2 N–H and O–H groups in total. The van der Waals surface area contributed by atoms with Crippen LogP contribution in [0.5, 0.6) is 0 Å². The molecule has 1 atom stereocenters. The molecule has 7 nitrogen and oxygen atoms in total. The van der Waals surface area contributed by atoms with E-state index in [9.17, 15) is 14.4 Å². The zero-order valence-electron chi connectivity index (χ0n) is 18.7. The number of hydrogen-bond donors (Lipinski definition) is 2. The Hall–Kier alpha value is -3.65. The molecule has 1 fully saturated rings. The zero-order chi connectivity index (χ0) is 23.6. The number of nitrogens with one attached hydrogen (secondary N) is 2. The molecule has 0 bridgehead atoms. The summed E-state index contributed by atoms with van der Waals surface area (Å²) in [5.74, 6) is -0.748. The molecule has 4 amide bonds. The number of amides is 4. The molecule has 0 aliphatic carbocycles. The van der Waals surface area contributed by atoms with E-state index in [1.165, 1.54) is 11.3 Å². The first-order chi connectivity index (χ1) is 15.8. The molecule has 1 aliphatic heterocycles. The van der Waals surface area contributed by atoms with Gasteiger partial charge in [-0.25, -0.2) is 4.79 Å². The van der Waals surface area contributed by atoms with Gasteiger partial charge < -0.3 is 15.5 Å². The molecule has 3 aromatic rings. The Kier molecular flexibility index (Phi) is 6.20. The lowest BCUT2D eigenvalue weighted by Crippen LogP contribution is -2.46. The van der Waals surface area contributed by atoms with Crippen LogP contribution in [0, 0.1) is 0 Å². The monoisotopic (exact) mass is 462 g/mol. The minimum Gasteiger partial charge on any atom is -0.356 e. The standard InChI is InChI=1S/C25H26N4O3S/c1-17(2)29(20-13-11-19(12-14-20)26-18-8-5-4-6-9-18)22(30)16-28-23(31)25(3,27-24(28)32)21-10-7-15-33-21/h4-15,17,26H,16H2,1-3H3,(H,27,32). The van der Waals surface area contributed by atoms with Crippen molar-refractivity contribution in [2.45, 2.75) is 32.4 Å². The van der Waals surface area contributed by atoms with Crippen molar-refractivity contribution in [2.24, 2.45) is 0 Å². The van der Waals surface area contributed by atoms with Crippen molar-refractivity contribution in [1.29, 1.82) is 0 Å². The molecule has 8 heteroatoms. The van der Waals surface area contributed by atoms with Gasteiger partial charge in [0.05, 0.1) is 0 Å². The highest BCUT2D eigenvalue weighted by Crippen LogP contribution is 2.32. The van der Waals surface area contributed by atoms with Crippen LogP contribution in [-0.2, 0) is 15.1 Å². The topological polar surface area (TPSA) is 81.8 Å². The Bertz CT molecular complexity index is 1150. The summed E-state index contributed by atoms with van der Waals surface area (Å²) in [4.78, 5) is 42.3. The predicted octanol–water partition coefficient (Wildman–Crippen LogP) is 4.70. The number of carbonyl (C=O) groups excluding carboxylic acids is 3. The van der Waals surface area contributed by atoms with Crippen molar-refractivity contribution >= 4 is 46.2 Å². The summed E-state index contributed by atoms with van der Waals surface area (Å²) in [6.45, 7) is 5.14. The molecule has 1 saturated heterocycles. The van der Waals surface area contributed by atoms with Gasteiger partial charge >= 0.3 is 6.03 Å². The van der Waals surface area contributed by atoms with Gasteiger partial charge in [0.15, 0.2) is 5.54 Å². The number of rotatable bonds is 7. The van der Waals surface area contributed by atoms with Crippen molar-refractivity contribution in [3.8, 4) is 0 Å². The molecular weight excluding hydrogens is 436 g/mol. The van der Waals surface area contributed by atoms with Gasteiger partial charge in [-0.15, -0.1) is 11.3 Å². The third-order valence-electron chi connectivity index (χ3n) is 5.58. The summed E-state index contributed by atoms with van der Waals surface area (Å²) in [5.41, 5.74) is 1.40. The Morgan fingerprint density at radius 1 is 1.03 bits per heavy atom. The van der Waals surface area contributed by atoms with Crippen LogP contribution in [-0.4, -0.2) is 35.3 Å². The van der Waals surface area contributed by atoms with E-state index in [1.54, 1.807) is 17.9 Å². The summed E-state index contributed by atoms with van der Waals surface area (Å²) in [6.07, 6.45) is 0. The van der Waals surface area contributed by atoms with Crippen molar-refractivity contribution in [3.05, 3.63) is 77.0 Å². The van der Waals surface area contributed by atoms with Crippen molar-refractivity contribution in [3.63, 3.8) is 0 Å². The lowest BCUT2D eigenvalue weighted by Gasteiger charge is -2.28. The second-order valence-corrected chi connectivity index (χ2v) is 9.27. The van der Waals surface area contributed by atoms with E-state index in [-0.39, 0.29) is 18.5 Å². The zero-order valence-corrected chi connectivity index (χ0v) is 19.6. The van der Waals surface area contributed by atoms with Crippen LogP contribution in [0.3, 0.4) is 0 Å². The third-order valence-corrected chi connectivity index (χ3v) is 6.67. The van der Waals surface area contributed by atoms with Crippen LogP contribution in [0.1, 0.15) is 25.6 Å². The van der Waals surface area contributed by atoms with E-state index >= 15 is 0 Å². The van der Waals surface area contributed by atoms with Gasteiger partial charge in [-0.05, 0) is 68.6 Å². The molecule has 1 aliphatic rings. The fourth-order valence-electron chi connectivity index (χ4n) is 3.91. The summed E-state index contributed by atoms with van der Waals surface area (Å²) < 4.78 is 0. The summed E-state index contributed by atoms with van der Waals surface area (Å²) in [7, 11) is 0. The number of carbonyl (C=O) groups is 3. The van der Waals surface area contributed by atoms with Crippen LogP contribution < -0.4 is 15.5 Å². The molecule has 0 saturated carbocycles. The molecule has 2 heterocycles. The Morgan fingerprint density at radius 2 is 1.70 bits per heavy atom. The number of thiophene rings is 1. The number of para-hydroxylation sites is 1. The van der Waals surface area contributed by atoms with Gasteiger partial charge in [0.1, 0.15) is 6.54 Å². The smallest absolute Gasteiger partial charge is 0.325 e. The van der Waals surface area contributed by atoms with Gasteiger partial charge in [-0.3, -0.25) is 14.5 Å². The molecule has 33 heavy (non-hydrogen) atoms. The highest BCUT2D eigenvalue weighted by Gasteiger charge is 2.50. The quantitative estimate of drug-likeness (QED) is 0.499. The summed E-state index contributed by atoms with van der Waals surface area (Å²) in [5, 5.41) is 7.91. The molecule has 1 aromatic heterocycles. The molecular formula is C25H26N4O3S. The number of benzene rings is 2. The minimum atomic E-state index is -1.15. The van der Waals surface area contributed by atoms with Crippen LogP contribution in [0.25, 0.3) is 0 Å². The van der Waals surface area contributed by atoms with Crippen LogP contribution in [0.2, 0.25) is 0 Å². The Balaban J connectivity index is 1.50. The lowest BCUT2D eigenvalue weighted by molar-refractivity contribution is -0.134. The van der Waals surface area contributed by atoms with Crippen molar-refractivity contribution < 1.29 is 14.4 Å². The molecule has 2 aromatic carbocycles. The molecule has 4 rings (SSSR count). The number of anilines is 3. The first kappa shape index (κ1) is 22.5. The van der Waals surface area contributed by atoms with E-state index in [2.05, 4.69) is 10.6 Å². The van der Waals surface area contributed by atoms with Crippen LogP contribution in [0.4, 0.5) is 21.9 Å². The van der Waals surface area contributed by atoms with E-state index in [4.69, 9.17) is 0 Å². The maximum Gasteiger partial charge on any atom is 0.325 e. The second-order valence-electron chi connectivity index (χ2n) is 8.32. The molecule has 0 radical (unpaired) electrons. The normalized spacial score (nSPS) is 17.9. The maximum absolute atomic E-state index is 13.2. The van der Waals surface area contributed by atoms with E-state index in [0.717, 1.165) is 21.2 Å². The van der Waals surface area contributed by atoms with E-state index in [0.29, 0.717) is 5.69 Å². The van der Waals surface area contributed by atoms with Gasteiger partial charge in [-0.1, -0.05) is 24.3 Å². The van der Waals surface area contributed by atoms with Crippen LogP contribution in [0.15, 0.2) is 72.1 Å². The second kappa shape index (κ2) is 9.07. The largest absolute Gasteiger partial charge is 0.356 e. The first-order valence-corrected chi connectivity index (χ1v) is 11.6. The highest BCUT2D eigenvalue weighted by atomic mass is 32.1. The fraction of sp³-hybridized carbons (Fsp3) is 0.240. The lowest BCUT2D eigenvalue weighted by atomic mass is 10.0. The van der Waals surface area contributed by atoms with Gasteiger partial charge in [-0.2, -0.15) is 0 Å². The molecule has 0 spiro atoms. The van der Waals surface area contributed by atoms with Crippen LogP contribution >= 0.6 is 11.3 Å². The van der Waals surface area contributed by atoms with Crippen molar-refractivity contribution in [2.75, 3.05) is 16.8 Å². The third kappa shape index (κ3) is 4.47. The summed E-state index contributed by atoms with van der Waals surface area (Å²) in [6, 6.07) is 20.2. The van der Waals surface area contributed by atoms with E-state index in [1.807, 2.05) is 79.9 Å². The minimum absolute atomic E-state index is 0.158. The number of nitrogens with zero attached hydrogens (tertiary/aromatic N) is 2. The maximum atomic E-state index is 13.2. The van der Waals surface area contributed by atoms with Crippen molar-refractivity contribution in [1.82, 2.24) is 10.2 Å². The van der Waals surface area contributed by atoms with Gasteiger partial charge in [0.2, 0.25) is 5.91 Å². The SMILES string of the molecule is CC(C)N(C(=O)CN1C(=O)NC(C)(c2cccs2)C1=O)c1ccc(Nc2ccccc2)cc1. The average Bonchev–Trinajstić information content (AvgIpc) is 3.40. The number of hydrogen-bond acceptors (Lipinski definition) is 5. The first-order valence-electron chi connectivity index (χ1n) is 10.7. The Labute approximate surface area is 197 Å². The average molecular weight is 463 g/mol. The molecule has 1 unspecified atom stereocenters. The number of urea groups is 1. The fourth-order valence-corrected chi connectivity index (χ4v) is 4.74. The van der Waals surface area contributed by atoms with Gasteiger partial charge in [0, 0.05) is 28.0 Å². The number of imide groups is 1. The van der Waals surface area contributed by atoms with E-state index < -0.39 is 17.5 Å². The van der Waals surface area contributed by atoms with Gasteiger partial charge in [0.25, 0.3) is 5.91 Å².